The van der Waals surface area contributed by atoms with Crippen LogP contribution in [0.5, 0.6) is 0 Å². The van der Waals surface area contributed by atoms with Gasteiger partial charge in [0.25, 0.3) is 17.2 Å². The largest absolute Gasteiger partial charge is 0.466 e. The van der Waals surface area contributed by atoms with Crippen molar-refractivity contribution in [1.29, 1.82) is 0 Å². The number of aromatic nitrogens is 1. The Hall–Kier alpha value is -3.53. The van der Waals surface area contributed by atoms with Crippen LogP contribution in [0.25, 0.3) is 0 Å². The minimum atomic E-state index is -1.64. The number of non-ortho nitro benzene ring substituents is 1. The molecular formula is C22H22ClN3O7. The Morgan fingerprint density at radius 3 is 2.73 bits per heavy atom. The van der Waals surface area contributed by atoms with Gasteiger partial charge in [0.05, 0.1) is 22.5 Å². The van der Waals surface area contributed by atoms with Gasteiger partial charge in [-0.1, -0.05) is 23.7 Å². The molecule has 0 radical (unpaired) electrons. The molecule has 1 saturated heterocycles. The number of piperidine rings is 1. The number of pyridine rings is 1. The molecule has 0 unspecified atom stereocenters. The van der Waals surface area contributed by atoms with E-state index >= 15 is 0 Å². The van der Waals surface area contributed by atoms with Crippen molar-refractivity contribution >= 4 is 34.9 Å². The van der Waals surface area contributed by atoms with E-state index < -0.39 is 40.1 Å². The van der Waals surface area contributed by atoms with Gasteiger partial charge >= 0.3 is 5.97 Å². The highest BCUT2D eigenvalue weighted by Crippen LogP contribution is 2.25. The maximum atomic E-state index is 13.5. The minimum Gasteiger partial charge on any atom is -0.466 e. The van der Waals surface area contributed by atoms with E-state index in [-0.39, 0.29) is 36.0 Å². The number of carbonyl (C=O) groups excluding carboxylic acids is 3. The number of nitrogens with zero attached hydrogens (tertiary/aromatic N) is 3. The molecule has 0 aliphatic carbocycles. The highest BCUT2D eigenvalue weighted by atomic mass is 35.5. The lowest BCUT2D eigenvalue weighted by atomic mass is 9.96. The molecule has 33 heavy (non-hydrogen) atoms. The molecule has 1 amide bonds. The molecule has 0 N–H and O–H groups in total. The van der Waals surface area contributed by atoms with Crippen LogP contribution in [0.3, 0.4) is 0 Å². The van der Waals surface area contributed by atoms with Crippen LogP contribution in [-0.4, -0.2) is 51.7 Å². The van der Waals surface area contributed by atoms with Crippen LogP contribution in [0.4, 0.5) is 5.69 Å². The van der Waals surface area contributed by atoms with Gasteiger partial charge in [0.15, 0.2) is 11.8 Å². The first-order valence-electron chi connectivity index (χ1n) is 10.3. The molecule has 2 heterocycles. The summed E-state index contributed by atoms with van der Waals surface area (Å²) in [4.78, 5) is 63.6. The van der Waals surface area contributed by atoms with Crippen LogP contribution < -0.4 is 5.56 Å². The number of nitro groups is 1. The van der Waals surface area contributed by atoms with Crippen LogP contribution in [0, 0.1) is 16.0 Å². The molecule has 0 saturated carbocycles. The Morgan fingerprint density at radius 1 is 1.27 bits per heavy atom. The van der Waals surface area contributed by atoms with Crippen molar-refractivity contribution in [3.63, 3.8) is 0 Å². The second kappa shape index (κ2) is 10.4. The maximum Gasteiger partial charge on any atom is 0.310 e. The summed E-state index contributed by atoms with van der Waals surface area (Å²) in [7, 11) is 0. The van der Waals surface area contributed by atoms with Gasteiger partial charge in [-0.3, -0.25) is 33.9 Å². The van der Waals surface area contributed by atoms with E-state index in [2.05, 4.69) is 0 Å². The third-order valence-electron chi connectivity index (χ3n) is 5.36. The number of ketones is 1. The number of carbonyl (C=O) groups is 3. The number of amides is 1. The van der Waals surface area contributed by atoms with Crippen molar-refractivity contribution in [2.45, 2.75) is 25.8 Å². The van der Waals surface area contributed by atoms with Crippen molar-refractivity contribution < 1.29 is 24.0 Å². The van der Waals surface area contributed by atoms with Crippen LogP contribution in [0.15, 0.2) is 47.4 Å². The lowest BCUT2D eigenvalue weighted by Crippen LogP contribution is -2.48. The molecule has 1 aliphatic heterocycles. The monoisotopic (exact) mass is 475 g/mol. The molecule has 3 rings (SSSR count). The molecular weight excluding hydrogens is 454 g/mol. The molecule has 1 aliphatic rings. The zero-order chi connectivity index (χ0) is 24.1. The van der Waals surface area contributed by atoms with Gasteiger partial charge in [-0.25, -0.2) is 0 Å². The predicted molar refractivity (Wildman–Crippen MR) is 118 cm³/mol. The van der Waals surface area contributed by atoms with E-state index in [1.807, 2.05) is 0 Å². The zero-order valence-corrected chi connectivity index (χ0v) is 18.6. The number of ether oxygens (including phenoxy) is 1. The molecule has 2 aromatic rings. The second-order valence-corrected chi connectivity index (χ2v) is 7.98. The number of hydrogen-bond acceptors (Lipinski definition) is 7. The maximum absolute atomic E-state index is 13.5. The summed E-state index contributed by atoms with van der Waals surface area (Å²) >= 11 is 6.02. The van der Waals surface area contributed by atoms with Gasteiger partial charge in [0.2, 0.25) is 0 Å². The fourth-order valence-corrected chi connectivity index (χ4v) is 3.94. The number of benzene rings is 1. The van der Waals surface area contributed by atoms with E-state index in [9.17, 15) is 29.3 Å². The van der Waals surface area contributed by atoms with Crippen LogP contribution in [0.1, 0.15) is 36.2 Å². The van der Waals surface area contributed by atoms with Gasteiger partial charge < -0.3 is 9.64 Å². The normalized spacial score (nSPS) is 16.7. The molecule has 1 aromatic heterocycles. The van der Waals surface area contributed by atoms with E-state index in [0.717, 1.165) is 16.7 Å². The summed E-state index contributed by atoms with van der Waals surface area (Å²) in [5.41, 5.74) is -1.07. The number of Topliss-reactive ketones (excluding diaryl/α,β-unsaturated/α-hetero) is 1. The highest BCUT2D eigenvalue weighted by molar-refractivity contribution is 6.30. The number of nitro benzene ring substituents is 1. The van der Waals surface area contributed by atoms with E-state index in [1.165, 1.54) is 35.4 Å². The highest BCUT2D eigenvalue weighted by Gasteiger charge is 2.37. The van der Waals surface area contributed by atoms with Gasteiger partial charge in [0.1, 0.15) is 0 Å². The van der Waals surface area contributed by atoms with Crippen molar-refractivity contribution in [3.05, 3.63) is 73.6 Å². The Kier molecular flexibility index (Phi) is 7.59. The summed E-state index contributed by atoms with van der Waals surface area (Å²) < 4.78 is 5.98. The van der Waals surface area contributed by atoms with Crippen LogP contribution in [0.2, 0.25) is 5.02 Å². The number of hydrogen-bond donors (Lipinski definition) is 0. The Bertz CT molecular complexity index is 1150. The van der Waals surface area contributed by atoms with Crippen molar-refractivity contribution in [1.82, 2.24) is 9.47 Å². The first-order chi connectivity index (χ1) is 15.7. The molecule has 2 atom stereocenters. The third kappa shape index (κ3) is 5.46. The summed E-state index contributed by atoms with van der Waals surface area (Å²) in [6.07, 6.45) is 2.22. The summed E-state index contributed by atoms with van der Waals surface area (Å²) in [5.74, 6) is -2.49. The fourth-order valence-electron chi connectivity index (χ4n) is 3.77. The molecule has 174 valence electrons. The van der Waals surface area contributed by atoms with E-state index in [4.69, 9.17) is 16.3 Å². The van der Waals surface area contributed by atoms with Gasteiger partial charge in [0, 0.05) is 43.0 Å². The number of likely N-dealkylation sites (tertiary alicyclic amines) is 1. The topological polar surface area (TPSA) is 129 Å². The van der Waals surface area contributed by atoms with Crippen molar-refractivity contribution in [2.75, 3.05) is 19.7 Å². The summed E-state index contributed by atoms with van der Waals surface area (Å²) in [6, 6.07) is 5.75. The SMILES string of the molecule is CCOC(=O)[C@@H]1CCCN(C(=O)[C@@H](C(=O)c2cccc([N+](=O)[O-])c2)n2cc(Cl)ccc2=O)C1. The molecule has 0 bridgehead atoms. The van der Waals surface area contributed by atoms with Crippen LogP contribution in [-0.2, 0) is 14.3 Å². The molecule has 0 spiro atoms. The average molecular weight is 476 g/mol. The Morgan fingerprint density at radius 2 is 2.03 bits per heavy atom. The number of rotatable bonds is 7. The first kappa shape index (κ1) is 24.1. The van der Waals surface area contributed by atoms with Crippen molar-refractivity contribution in [2.24, 2.45) is 5.92 Å². The zero-order valence-electron chi connectivity index (χ0n) is 17.8. The quantitative estimate of drug-likeness (QED) is 0.198. The van der Waals surface area contributed by atoms with Gasteiger partial charge in [-0.15, -0.1) is 0 Å². The van der Waals surface area contributed by atoms with Crippen molar-refractivity contribution in [3.8, 4) is 0 Å². The summed E-state index contributed by atoms with van der Waals surface area (Å²) in [5, 5.41) is 11.3. The molecule has 1 fully saturated rings. The van der Waals surface area contributed by atoms with Gasteiger partial charge in [-0.05, 0) is 25.8 Å². The Balaban J connectivity index is 2.01. The van der Waals surface area contributed by atoms with Crippen LogP contribution >= 0.6 is 11.6 Å². The molecule has 10 nitrogen and oxygen atoms in total. The molecule has 1 aromatic carbocycles. The standard InChI is InChI=1S/C22H22ClN3O7/c1-2-33-22(30)15-6-4-10-24(12-15)21(29)19(25-13-16(23)8-9-18(25)27)20(28)14-5-3-7-17(11-14)26(31)32/h3,5,7-9,11,13,15,19H,2,4,6,10,12H2,1H3/t15-,19-/m1/s1. The minimum absolute atomic E-state index is 0.0334. The second-order valence-electron chi connectivity index (χ2n) is 7.54. The Labute approximate surface area is 193 Å². The van der Waals surface area contributed by atoms with E-state index in [1.54, 1.807) is 6.92 Å². The summed E-state index contributed by atoms with van der Waals surface area (Å²) in [6.45, 7) is 2.20. The predicted octanol–water partition coefficient (Wildman–Crippen LogP) is 2.64. The lowest BCUT2D eigenvalue weighted by molar-refractivity contribution is -0.384. The lowest BCUT2D eigenvalue weighted by Gasteiger charge is -2.34. The van der Waals surface area contributed by atoms with Gasteiger partial charge in [-0.2, -0.15) is 0 Å². The molecule has 11 heteroatoms. The number of esters is 1. The number of halogens is 1. The average Bonchev–Trinajstić information content (AvgIpc) is 2.81. The third-order valence-corrected chi connectivity index (χ3v) is 5.58. The van der Waals surface area contributed by atoms with E-state index in [0.29, 0.717) is 12.8 Å². The fraction of sp³-hybridized carbons (Fsp3) is 0.364. The smallest absolute Gasteiger partial charge is 0.310 e. The first-order valence-corrected chi connectivity index (χ1v) is 10.7.